The van der Waals surface area contributed by atoms with Gasteiger partial charge in [-0.3, -0.25) is 14.2 Å². The van der Waals surface area contributed by atoms with Crippen LogP contribution in [0.2, 0.25) is 0 Å². The molecule has 3 rings (SSSR count). The summed E-state index contributed by atoms with van der Waals surface area (Å²) in [5, 5.41) is 14.2. The quantitative estimate of drug-likeness (QED) is 0.615. The standard InChI is InChI=1S/C19H19N5O2S/c1-2-20-18(26)14-7-6-8-15(11-14)22-17(25)12-27-19-23-21-13-24(19)16-9-4-3-5-10-16/h3-11,13H,2,12H2,1H3,(H,20,26)(H,22,25). The number of nitrogens with one attached hydrogen (secondary N) is 2. The second-order valence-corrected chi connectivity index (χ2v) is 6.54. The van der Waals surface area contributed by atoms with Gasteiger partial charge >= 0.3 is 0 Å². The number of benzene rings is 2. The summed E-state index contributed by atoms with van der Waals surface area (Å²) in [4.78, 5) is 24.2. The molecule has 3 aromatic rings. The average molecular weight is 381 g/mol. The Hall–Kier alpha value is -3.13. The van der Waals surface area contributed by atoms with Crippen molar-refractivity contribution in [2.45, 2.75) is 12.1 Å². The summed E-state index contributed by atoms with van der Waals surface area (Å²) in [6.07, 6.45) is 1.62. The van der Waals surface area contributed by atoms with E-state index in [4.69, 9.17) is 0 Å². The number of carbonyl (C=O) groups excluding carboxylic acids is 2. The van der Waals surface area contributed by atoms with E-state index in [1.54, 1.807) is 30.6 Å². The van der Waals surface area contributed by atoms with Crippen molar-refractivity contribution in [2.24, 2.45) is 0 Å². The van der Waals surface area contributed by atoms with Gasteiger partial charge in [-0.05, 0) is 37.3 Å². The molecule has 0 aliphatic carbocycles. The largest absolute Gasteiger partial charge is 0.352 e. The molecule has 0 unspecified atom stereocenters. The van der Waals surface area contributed by atoms with E-state index in [9.17, 15) is 9.59 Å². The molecule has 0 atom stereocenters. The molecular formula is C19H19N5O2S. The molecular weight excluding hydrogens is 362 g/mol. The van der Waals surface area contributed by atoms with Gasteiger partial charge in [0.1, 0.15) is 6.33 Å². The minimum Gasteiger partial charge on any atom is -0.352 e. The molecule has 2 aromatic carbocycles. The van der Waals surface area contributed by atoms with Crippen LogP contribution in [0.5, 0.6) is 0 Å². The molecule has 0 fully saturated rings. The molecule has 0 saturated carbocycles. The lowest BCUT2D eigenvalue weighted by Gasteiger charge is -2.08. The number of aromatic nitrogens is 3. The number of anilines is 1. The molecule has 0 saturated heterocycles. The van der Waals surface area contributed by atoms with Crippen molar-refractivity contribution < 1.29 is 9.59 Å². The number of rotatable bonds is 7. The lowest BCUT2D eigenvalue weighted by molar-refractivity contribution is -0.113. The van der Waals surface area contributed by atoms with Crippen LogP contribution in [0.4, 0.5) is 5.69 Å². The molecule has 0 spiro atoms. The van der Waals surface area contributed by atoms with Gasteiger partial charge in [0.05, 0.1) is 5.75 Å². The Labute approximate surface area is 161 Å². The Bertz CT molecular complexity index is 927. The summed E-state index contributed by atoms with van der Waals surface area (Å²) >= 11 is 1.29. The van der Waals surface area contributed by atoms with Gasteiger partial charge < -0.3 is 10.6 Å². The van der Waals surface area contributed by atoms with Crippen molar-refractivity contribution in [3.63, 3.8) is 0 Å². The summed E-state index contributed by atoms with van der Waals surface area (Å²) in [7, 11) is 0. The van der Waals surface area contributed by atoms with E-state index >= 15 is 0 Å². The van der Waals surface area contributed by atoms with Crippen molar-refractivity contribution in [1.29, 1.82) is 0 Å². The van der Waals surface area contributed by atoms with E-state index in [-0.39, 0.29) is 17.6 Å². The molecule has 1 aromatic heterocycles. The fraction of sp³-hybridized carbons (Fsp3) is 0.158. The second kappa shape index (κ2) is 9.00. The van der Waals surface area contributed by atoms with Crippen molar-refractivity contribution in [3.05, 3.63) is 66.5 Å². The van der Waals surface area contributed by atoms with Gasteiger partial charge in [0.15, 0.2) is 5.16 Å². The number of thioether (sulfide) groups is 1. The minimum absolute atomic E-state index is 0.168. The van der Waals surface area contributed by atoms with Crippen LogP contribution in [-0.4, -0.2) is 38.9 Å². The zero-order valence-corrected chi connectivity index (χ0v) is 15.6. The van der Waals surface area contributed by atoms with Crippen molar-refractivity contribution in [1.82, 2.24) is 20.1 Å². The van der Waals surface area contributed by atoms with Gasteiger partial charge in [-0.15, -0.1) is 10.2 Å². The maximum Gasteiger partial charge on any atom is 0.251 e. The van der Waals surface area contributed by atoms with Crippen LogP contribution in [0.15, 0.2) is 66.1 Å². The van der Waals surface area contributed by atoms with E-state index in [0.717, 1.165) is 5.69 Å². The molecule has 0 aliphatic rings. The number of hydrogen-bond donors (Lipinski definition) is 2. The molecule has 0 aliphatic heterocycles. The summed E-state index contributed by atoms with van der Waals surface area (Å²) in [5.41, 5.74) is 2.01. The number of carbonyl (C=O) groups is 2. The Morgan fingerprint density at radius 1 is 1.11 bits per heavy atom. The monoisotopic (exact) mass is 381 g/mol. The van der Waals surface area contributed by atoms with Crippen LogP contribution in [0.3, 0.4) is 0 Å². The number of hydrogen-bond acceptors (Lipinski definition) is 5. The van der Waals surface area contributed by atoms with Gasteiger partial charge in [0, 0.05) is 23.5 Å². The molecule has 138 valence electrons. The van der Waals surface area contributed by atoms with Crippen LogP contribution in [-0.2, 0) is 4.79 Å². The van der Waals surface area contributed by atoms with Gasteiger partial charge in [-0.25, -0.2) is 0 Å². The van der Waals surface area contributed by atoms with Crippen LogP contribution >= 0.6 is 11.8 Å². The lowest BCUT2D eigenvalue weighted by Crippen LogP contribution is -2.23. The minimum atomic E-state index is -0.185. The highest BCUT2D eigenvalue weighted by Gasteiger charge is 2.11. The first-order valence-electron chi connectivity index (χ1n) is 8.43. The fourth-order valence-corrected chi connectivity index (χ4v) is 3.15. The lowest BCUT2D eigenvalue weighted by atomic mass is 10.2. The Morgan fingerprint density at radius 3 is 2.70 bits per heavy atom. The average Bonchev–Trinajstić information content (AvgIpc) is 3.16. The van der Waals surface area contributed by atoms with E-state index < -0.39 is 0 Å². The molecule has 8 heteroatoms. The molecule has 1 heterocycles. The highest BCUT2D eigenvalue weighted by Crippen LogP contribution is 2.20. The van der Waals surface area contributed by atoms with Crippen LogP contribution in [0.25, 0.3) is 5.69 Å². The number of amides is 2. The zero-order valence-electron chi connectivity index (χ0n) is 14.8. The highest BCUT2D eigenvalue weighted by molar-refractivity contribution is 7.99. The van der Waals surface area contributed by atoms with Gasteiger partial charge in [0.25, 0.3) is 5.91 Å². The molecule has 7 nitrogen and oxygen atoms in total. The fourth-order valence-electron chi connectivity index (χ4n) is 2.42. The SMILES string of the molecule is CCNC(=O)c1cccc(NC(=O)CSc2nncn2-c2ccccc2)c1. The van der Waals surface area contributed by atoms with E-state index in [1.165, 1.54) is 11.8 Å². The molecule has 0 bridgehead atoms. The number of para-hydroxylation sites is 1. The third-order valence-corrected chi connectivity index (χ3v) is 4.57. The molecule has 27 heavy (non-hydrogen) atoms. The van der Waals surface area contributed by atoms with Crippen molar-refractivity contribution in [2.75, 3.05) is 17.6 Å². The summed E-state index contributed by atoms with van der Waals surface area (Å²) in [6.45, 7) is 2.41. The zero-order chi connectivity index (χ0) is 19.1. The molecule has 2 amide bonds. The van der Waals surface area contributed by atoms with Gasteiger partial charge in [-0.2, -0.15) is 0 Å². The van der Waals surface area contributed by atoms with Crippen molar-refractivity contribution >= 4 is 29.3 Å². The summed E-state index contributed by atoms with van der Waals surface area (Å²) < 4.78 is 1.83. The summed E-state index contributed by atoms with van der Waals surface area (Å²) in [5.74, 6) is -0.175. The van der Waals surface area contributed by atoms with E-state index in [0.29, 0.717) is 23.0 Å². The smallest absolute Gasteiger partial charge is 0.251 e. The normalized spacial score (nSPS) is 10.4. The van der Waals surface area contributed by atoms with E-state index in [1.807, 2.05) is 41.8 Å². The Balaban J connectivity index is 1.61. The Morgan fingerprint density at radius 2 is 1.93 bits per heavy atom. The Kier molecular flexibility index (Phi) is 6.22. The maximum absolute atomic E-state index is 12.3. The van der Waals surface area contributed by atoms with Crippen LogP contribution in [0, 0.1) is 0 Å². The van der Waals surface area contributed by atoms with Gasteiger partial charge in [-0.1, -0.05) is 36.0 Å². The predicted molar refractivity (Wildman–Crippen MR) is 105 cm³/mol. The third kappa shape index (κ3) is 4.95. The van der Waals surface area contributed by atoms with Crippen molar-refractivity contribution in [3.8, 4) is 5.69 Å². The first kappa shape index (κ1) is 18.7. The first-order valence-corrected chi connectivity index (χ1v) is 9.42. The van der Waals surface area contributed by atoms with E-state index in [2.05, 4.69) is 20.8 Å². The van der Waals surface area contributed by atoms with Crippen LogP contribution in [0.1, 0.15) is 17.3 Å². The molecule has 2 N–H and O–H groups in total. The predicted octanol–water partition coefficient (Wildman–Crippen LogP) is 2.75. The first-order chi connectivity index (χ1) is 13.2. The topological polar surface area (TPSA) is 88.9 Å². The summed E-state index contributed by atoms with van der Waals surface area (Å²) in [6, 6.07) is 16.5. The van der Waals surface area contributed by atoms with Crippen LogP contribution < -0.4 is 10.6 Å². The molecule has 0 radical (unpaired) electrons. The maximum atomic E-state index is 12.3. The number of nitrogens with zero attached hydrogens (tertiary/aromatic N) is 3. The van der Waals surface area contributed by atoms with Gasteiger partial charge in [0.2, 0.25) is 5.91 Å². The highest BCUT2D eigenvalue weighted by atomic mass is 32.2. The third-order valence-electron chi connectivity index (χ3n) is 3.63. The second-order valence-electron chi connectivity index (χ2n) is 5.60.